The molecular weight excluding hydrogens is 518 g/mol. The van der Waals surface area contributed by atoms with Crippen molar-refractivity contribution < 1.29 is 57.2 Å². The van der Waals surface area contributed by atoms with Crippen LogP contribution in [0.4, 0.5) is 0 Å². The highest BCUT2D eigenvalue weighted by atomic mass is 16.8. The highest BCUT2D eigenvalue weighted by Crippen LogP contribution is 2.45. The maximum atomic E-state index is 13.0. The van der Waals surface area contributed by atoms with E-state index in [0.29, 0.717) is 0 Å². The third kappa shape index (κ3) is 7.52. The van der Waals surface area contributed by atoms with E-state index in [1.54, 1.807) is 6.92 Å². The lowest BCUT2D eigenvalue weighted by molar-refractivity contribution is -0.395. The molecule has 0 unspecified atom stereocenters. The number of esters is 5. The molecule has 1 aromatic carbocycles. The molecule has 0 aromatic heterocycles. The maximum Gasteiger partial charge on any atom is 0.325 e. The summed E-state index contributed by atoms with van der Waals surface area (Å²) in [7, 11) is 0. The van der Waals surface area contributed by atoms with Gasteiger partial charge in [-0.1, -0.05) is 30.3 Å². The van der Waals surface area contributed by atoms with Crippen LogP contribution in [0, 0.1) is 0 Å². The van der Waals surface area contributed by atoms with E-state index in [1.807, 2.05) is 30.3 Å². The van der Waals surface area contributed by atoms with E-state index >= 15 is 0 Å². The van der Waals surface area contributed by atoms with Gasteiger partial charge in [-0.15, -0.1) is 0 Å². The van der Waals surface area contributed by atoms with Crippen molar-refractivity contribution in [3.8, 4) is 0 Å². The Kier molecular flexibility index (Phi) is 10.0. The largest absolute Gasteiger partial charge is 0.465 e. The number of carbonyl (C=O) groups is 5. The van der Waals surface area contributed by atoms with E-state index in [9.17, 15) is 24.0 Å². The van der Waals surface area contributed by atoms with Crippen LogP contribution in [0.25, 0.3) is 0 Å². The van der Waals surface area contributed by atoms with Crippen LogP contribution in [0.5, 0.6) is 0 Å². The molecule has 6 atom stereocenters. The quantitative estimate of drug-likeness (QED) is 0.319. The predicted octanol–water partition coefficient (Wildman–Crippen LogP) is 1.21. The zero-order chi connectivity index (χ0) is 28.7. The smallest absolute Gasteiger partial charge is 0.325 e. The Morgan fingerprint density at radius 3 is 2.05 bits per heavy atom. The van der Waals surface area contributed by atoms with Crippen LogP contribution in [-0.2, 0) is 63.8 Å². The maximum absolute atomic E-state index is 13.0. The Labute approximate surface area is 225 Å². The summed E-state index contributed by atoms with van der Waals surface area (Å²) in [5.74, 6) is -5.51. The molecule has 2 saturated heterocycles. The fraction of sp³-hybridized carbons (Fsp3) is 0.577. The Hall–Kier alpha value is -3.55. The molecule has 13 heteroatoms. The van der Waals surface area contributed by atoms with E-state index in [4.69, 9.17) is 33.3 Å². The molecule has 0 N–H and O–H groups in total. The van der Waals surface area contributed by atoms with Crippen molar-refractivity contribution in [2.24, 2.45) is 0 Å². The van der Waals surface area contributed by atoms with Gasteiger partial charge in [-0.25, -0.2) is 0 Å². The molecule has 39 heavy (non-hydrogen) atoms. The molecule has 2 aliphatic rings. The Balaban J connectivity index is 2.10. The first-order valence-corrected chi connectivity index (χ1v) is 12.4. The number of hydrogen-bond donors (Lipinski definition) is 0. The third-order valence-corrected chi connectivity index (χ3v) is 5.96. The second kappa shape index (κ2) is 13.0. The standard InChI is InChI=1S/C26H33NO12/c1-6-33-25(32)20-12-26(39-27(20)13-19-10-8-7-9-11-19)24(37-18(5)31)23(36-17(4)30)22(35-16(3)29)21(38-26)14-34-15(2)28/h7-11,20-24H,6,12-14H2,1-5H3/t20-,21-,22-,23+,24-,26+/m1/s1. The van der Waals surface area contributed by atoms with Crippen molar-refractivity contribution in [2.75, 3.05) is 13.2 Å². The molecule has 0 radical (unpaired) electrons. The van der Waals surface area contributed by atoms with Crippen molar-refractivity contribution in [1.82, 2.24) is 5.06 Å². The molecule has 214 valence electrons. The number of hydrogen-bond acceptors (Lipinski definition) is 13. The molecule has 0 aliphatic carbocycles. The number of benzene rings is 1. The van der Waals surface area contributed by atoms with E-state index < -0.39 is 72.7 Å². The van der Waals surface area contributed by atoms with Crippen molar-refractivity contribution in [1.29, 1.82) is 0 Å². The van der Waals surface area contributed by atoms with Crippen LogP contribution in [-0.4, -0.2) is 84.4 Å². The number of hydroxylamine groups is 2. The van der Waals surface area contributed by atoms with Crippen LogP contribution < -0.4 is 0 Å². The summed E-state index contributed by atoms with van der Waals surface area (Å²) in [6, 6.07) is 8.08. The van der Waals surface area contributed by atoms with Gasteiger partial charge in [0, 0.05) is 34.1 Å². The van der Waals surface area contributed by atoms with E-state index in [2.05, 4.69) is 0 Å². The van der Waals surface area contributed by atoms with Crippen LogP contribution >= 0.6 is 0 Å². The molecule has 2 fully saturated rings. The van der Waals surface area contributed by atoms with Crippen molar-refractivity contribution in [2.45, 2.75) is 83.8 Å². The summed E-state index contributed by atoms with van der Waals surface area (Å²) in [4.78, 5) is 67.3. The van der Waals surface area contributed by atoms with Gasteiger partial charge < -0.3 is 28.4 Å². The van der Waals surface area contributed by atoms with Crippen LogP contribution in [0.3, 0.4) is 0 Å². The third-order valence-electron chi connectivity index (χ3n) is 5.96. The predicted molar refractivity (Wildman–Crippen MR) is 129 cm³/mol. The number of ether oxygens (including phenoxy) is 6. The fourth-order valence-corrected chi connectivity index (χ4v) is 4.60. The minimum atomic E-state index is -1.92. The van der Waals surface area contributed by atoms with Gasteiger partial charge in [-0.3, -0.25) is 28.8 Å². The Morgan fingerprint density at radius 2 is 1.49 bits per heavy atom. The number of carbonyl (C=O) groups excluding carboxylic acids is 5. The normalized spacial score (nSPS) is 28.4. The lowest BCUT2D eigenvalue weighted by Gasteiger charge is -2.48. The molecule has 2 aliphatic heterocycles. The number of rotatable bonds is 9. The minimum Gasteiger partial charge on any atom is -0.465 e. The van der Waals surface area contributed by atoms with E-state index in [0.717, 1.165) is 26.3 Å². The van der Waals surface area contributed by atoms with Crippen molar-refractivity contribution in [3.05, 3.63) is 35.9 Å². The number of nitrogens with zero attached hydrogens (tertiary/aromatic N) is 1. The molecule has 2 heterocycles. The summed E-state index contributed by atoms with van der Waals surface area (Å²) in [5, 5.41) is 1.34. The average Bonchev–Trinajstić information content (AvgIpc) is 3.20. The van der Waals surface area contributed by atoms with Gasteiger partial charge in [-0.05, 0) is 12.5 Å². The second-order valence-electron chi connectivity index (χ2n) is 9.07. The summed E-state index contributed by atoms with van der Waals surface area (Å²) >= 11 is 0. The van der Waals surface area contributed by atoms with Gasteiger partial charge in [0.25, 0.3) is 0 Å². The second-order valence-corrected chi connectivity index (χ2v) is 9.07. The van der Waals surface area contributed by atoms with Gasteiger partial charge in [-0.2, -0.15) is 5.06 Å². The highest BCUT2D eigenvalue weighted by molar-refractivity contribution is 5.76. The zero-order valence-electron chi connectivity index (χ0n) is 22.4. The summed E-state index contributed by atoms with van der Waals surface area (Å²) in [6.45, 7) is 5.99. The molecule has 0 bridgehead atoms. The lowest BCUT2D eigenvalue weighted by Crippen LogP contribution is -2.68. The van der Waals surface area contributed by atoms with Gasteiger partial charge in [0.05, 0.1) is 13.2 Å². The zero-order valence-corrected chi connectivity index (χ0v) is 22.4. The van der Waals surface area contributed by atoms with Crippen LogP contribution in [0.1, 0.15) is 46.6 Å². The van der Waals surface area contributed by atoms with Gasteiger partial charge >= 0.3 is 29.8 Å². The molecule has 13 nitrogen and oxygen atoms in total. The first-order chi connectivity index (χ1) is 18.5. The monoisotopic (exact) mass is 551 g/mol. The molecule has 0 amide bonds. The van der Waals surface area contributed by atoms with Gasteiger partial charge in [0.2, 0.25) is 5.79 Å². The molecule has 0 saturated carbocycles. The fourth-order valence-electron chi connectivity index (χ4n) is 4.60. The van der Waals surface area contributed by atoms with Crippen molar-refractivity contribution in [3.63, 3.8) is 0 Å². The van der Waals surface area contributed by atoms with E-state index in [-0.39, 0.29) is 19.6 Å². The SMILES string of the molecule is CCOC(=O)[C@H]1C[C@]2(O[C@H](COC(C)=O)[C@@H](OC(C)=O)[C@H](OC(C)=O)[C@H]2OC(C)=O)ON1Cc1ccccc1. The Morgan fingerprint density at radius 1 is 0.872 bits per heavy atom. The Bertz CT molecular complexity index is 1060. The molecule has 1 spiro atoms. The molecular formula is C26H33NO12. The van der Waals surface area contributed by atoms with Crippen LogP contribution in [0.15, 0.2) is 30.3 Å². The molecule has 1 aromatic rings. The van der Waals surface area contributed by atoms with Crippen LogP contribution in [0.2, 0.25) is 0 Å². The van der Waals surface area contributed by atoms with Gasteiger partial charge in [0.15, 0.2) is 18.3 Å². The first kappa shape index (κ1) is 30.0. The lowest BCUT2D eigenvalue weighted by atomic mass is 9.88. The van der Waals surface area contributed by atoms with E-state index in [1.165, 1.54) is 12.0 Å². The summed E-state index contributed by atoms with van der Waals surface area (Å²) in [5.41, 5.74) is 0.787. The molecule has 3 rings (SSSR count). The average molecular weight is 552 g/mol. The topological polar surface area (TPSA) is 153 Å². The minimum absolute atomic E-state index is 0.0927. The summed E-state index contributed by atoms with van der Waals surface area (Å²) < 4.78 is 33.2. The highest BCUT2D eigenvalue weighted by Gasteiger charge is 2.66. The first-order valence-electron chi connectivity index (χ1n) is 12.4. The summed E-state index contributed by atoms with van der Waals surface area (Å²) in [6.07, 6.45) is -5.74. The van der Waals surface area contributed by atoms with Crippen molar-refractivity contribution >= 4 is 29.8 Å². The van der Waals surface area contributed by atoms with Gasteiger partial charge in [0.1, 0.15) is 18.8 Å².